The molecule has 0 atom stereocenters. The van der Waals surface area contributed by atoms with Gasteiger partial charge in [-0.2, -0.15) is 0 Å². The molecule has 2 rings (SSSR count). The number of aromatic nitrogens is 1. The van der Waals surface area contributed by atoms with E-state index in [0.717, 1.165) is 32.8 Å². The molecule has 0 unspecified atom stereocenters. The number of anilines is 1. The quantitative estimate of drug-likeness (QED) is 0.924. The lowest BCUT2D eigenvalue weighted by molar-refractivity contribution is -0.114. The molecule has 1 amide bonds. The van der Waals surface area contributed by atoms with E-state index in [1.165, 1.54) is 23.1 Å². The molecule has 104 valence electrons. The Labute approximate surface area is 123 Å². The lowest BCUT2D eigenvalue weighted by atomic mass is 10.4. The van der Waals surface area contributed by atoms with Gasteiger partial charge in [0.05, 0.1) is 13.2 Å². The minimum atomic E-state index is -0.0766. The highest BCUT2D eigenvalue weighted by Crippen LogP contribution is 2.19. The third kappa shape index (κ3) is 5.49. The van der Waals surface area contributed by atoms with E-state index in [-0.39, 0.29) is 30.7 Å². The van der Waals surface area contributed by atoms with Crippen LogP contribution in [0.25, 0.3) is 0 Å². The number of morpholine rings is 1. The lowest BCUT2D eigenvalue weighted by Gasteiger charge is -2.25. The normalized spacial score (nSPS) is 15.4. The molecule has 0 aliphatic carbocycles. The number of ether oxygens (including phenoxy) is 1. The van der Waals surface area contributed by atoms with Gasteiger partial charge in [-0.25, -0.2) is 4.98 Å². The zero-order valence-electron chi connectivity index (χ0n) is 10.0. The van der Waals surface area contributed by atoms with Gasteiger partial charge in [0.25, 0.3) is 0 Å². The van der Waals surface area contributed by atoms with Crippen molar-refractivity contribution in [2.24, 2.45) is 0 Å². The maximum Gasteiger partial charge on any atom is 0.223 e. The monoisotopic (exact) mass is 313 g/mol. The van der Waals surface area contributed by atoms with Gasteiger partial charge in [0.2, 0.25) is 5.91 Å². The molecule has 1 aromatic rings. The van der Waals surface area contributed by atoms with Crippen LogP contribution in [0.2, 0.25) is 0 Å². The van der Waals surface area contributed by atoms with E-state index in [0.29, 0.717) is 5.13 Å². The number of hydrogen-bond acceptors (Lipinski definition) is 5. The first-order valence-electron chi connectivity index (χ1n) is 5.26. The summed E-state index contributed by atoms with van der Waals surface area (Å²) in [4.78, 5) is 18.5. The predicted octanol–water partition coefficient (Wildman–Crippen LogP) is 1.78. The fourth-order valence-corrected chi connectivity index (χ4v) is 2.47. The van der Waals surface area contributed by atoms with Gasteiger partial charge in [-0.3, -0.25) is 9.69 Å². The van der Waals surface area contributed by atoms with Crippen LogP contribution >= 0.6 is 36.2 Å². The molecule has 0 aromatic carbocycles. The minimum absolute atomic E-state index is 0. The fourth-order valence-electron chi connectivity index (χ4n) is 1.57. The van der Waals surface area contributed by atoms with E-state index in [1.807, 2.05) is 6.20 Å². The van der Waals surface area contributed by atoms with E-state index in [4.69, 9.17) is 4.74 Å². The van der Waals surface area contributed by atoms with Crippen LogP contribution in [-0.2, 0) is 16.1 Å². The number of rotatable bonds is 3. The second kappa shape index (κ2) is 8.66. The maximum absolute atomic E-state index is 10.8. The molecular formula is C10H17Cl2N3O2S. The summed E-state index contributed by atoms with van der Waals surface area (Å²) in [5, 5.41) is 3.36. The summed E-state index contributed by atoms with van der Waals surface area (Å²) >= 11 is 1.53. The van der Waals surface area contributed by atoms with E-state index in [2.05, 4.69) is 15.2 Å². The standard InChI is InChI=1S/C10H15N3O2S.2ClH/c1-8(14)12-10-11-6-9(16-10)7-13-2-4-15-5-3-13;;/h6H,2-5,7H2,1H3,(H,11,12,14);2*1H. The van der Waals surface area contributed by atoms with E-state index in [9.17, 15) is 4.79 Å². The molecule has 0 saturated carbocycles. The molecule has 0 spiro atoms. The number of carbonyl (C=O) groups is 1. The average Bonchev–Trinajstić information content (AvgIpc) is 2.66. The van der Waals surface area contributed by atoms with Crippen molar-refractivity contribution in [3.8, 4) is 0 Å². The van der Waals surface area contributed by atoms with Crippen LogP contribution in [0.4, 0.5) is 5.13 Å². The molecule has 8 heteroatoms. The van der Waals surface area contributed by atoms with Crippen LogP contribution < -0.4 is 5.32 Å². The molecule has 0 radical (unpaired) electrons. The van der Waals surface area contributed by atoms with Gasteiger partial charge in [0.15, 0.2) is 5.13 Å². The number of halogens is 2. The second-order valence-electron chi connectivity index (χ2n) is 3.70. The fraction of sp³-hybridized carbons (Fsp3) is 0.600. The Bertz CT molecular complexity index is 370. The van der Waals surface area contributed by atoms with Crippen LogP contribution in [0, 0.1) is 0 Å². The largest absolute Gasteiger partial charge is 0.379 e. The SMILES string of the molecule is CC(=O)Nc1ncc(CN2CCOCC2)s1.Cl.Cl. The molecule has 1 N–H and O–H groups in total. The van der Waals surface area contributed by atoms with Gasteiger partial charge in [0.1, 0.15) is 0 Å². The Morgan fingerprint density at radius 2 is 2.17 bits per heavy atom. The van der Waals surface area contributed by atoms with Crippen LogP contribution in [0.5, 0.6) is 0 Å². The molecule has 18 heavy (non-hydrogen) atoms. The Morgan fingerprint density at radius 3 is 2.78 bits per heavy atom. The number of thiazole rings is 1. The zero-order valence-corrected chi connectivity index (χ0v) is 12.5. The van der Waals surface area contributed by atoms with Crippen molar-refractivity contribution >= 4 is 47.2 Å². The first-order valence-corrected chi connectivity index (χ1v) is 6.08. The topological polar surface area (TPSA) is 54.5 Å². The third-order valence-electron chi connectivity index (χ3n) is 2.32. The summed E-state index contributed by atoms with van der Waals surface area (Å²) in [5.41, 5.74) is 0. The Kier molecular flexibility index (Phi) is 8.47. The summed E-state index contributed by atoms with van der Waals surface area (Å²) in [6, 6.07) is 0. The van der Waals surface area contributed by atoms with Gasteiger partial charge in [-0.15, -0.1) is 36.2 Å². The van der Waals surface area contributed by atoms with E-state index < -0.39 is 0 Å². The van der Waals surface area contributed by atoms with Crippen molar-refractivity contribution < 1.29 is 9.53 Å². The van der Waals surface area contributed by atoms with Crippen molar-refractivity contribution in [3.05, 3.63) is 11.1 Å². The van der Waals surface area contributed by atoms with E-state index >= 15 is 0 Å². The summed E-state index contributed by atoms with van der Waals surface area (Å²) in [5.74, 6) is -0.0766. The lowest BCUT2D eigenvalue weighted by Crippen LogP contribution is -2.35. The van der Waals surface area contributed by atoms with Crippen molar-refractivity contribution in [3.63, 3.8) is 0 Å². The molecule has 1 aromatic heterocycles. The number of amides is 1. The van der Waals surface area contributed by atoms with Gasteiger partial charge in [-0.1, -0.05) is 0 Å². The highest BCUT2D eigenvalue weighted by molar-refractivity contribution is 7.15. The Balaban J connectivity index is 0.00000144. The maximum atomic E-state index is 10.8. The molecule has 5 nitrogen and oxygen atoms in total. The van der Waals surface area contributed by atoms with Crippen LogP contribution in [0.15, 0.2) is 6.20 Å². The molecule has 0 bridgehead atoms. The third-order valence-corrected chi connectivity index (χ3v) is 3.22. The summed E-state index contributed by atoms with van der Waals surface area (Å²) in [7, 11) is 0. The van der Waals surface area contributed by atoms with Crippen LogP contribution in [0.1, 0.15) is 11.8 Å². The van der Waals surface area contributed by atoms with Crippen molar-refractivity contribution in [1.29, 1.82) is 0 Å². The van der Waals surface area contributed by atoms with Crippen molar-refractivity contribution in [1.82, 2.24) is 9.88 Å². The van der Waals surface area contributed by atoms with Crippen molar-refractivity contribution in [2.45, 2.75) is 13.5 Å². The van der Waals surface area contributed by atoms with Gasteiger partial charge in [-0.05, 0) is 0 Å². The average molecular weight is 314 g/mol. The highest BCUT2D eigenvalue weighted by atomic mass is 35.5. The molecule has 1 aliphatic rings. The van der Waals surface area contributed by atoms with E-state index in [1.54, 1.807) is 0 Å². The van der Waals surface area contributed by atoms with Crippen LogP contribution in [-0.4, -0.2) is 42.1 Å². The van der Waals surface area contributed by atoms with Crippen LogP contribution in [0.3, 0.4) is 0 Å². The number of hydrogen-bond donors (Lipinski definition) is 1. The summed E-state index contributed by atoms with van der Waals surface area (Å²) in [6.07, 6.45) is 1.82. The Hall–Kier alpha value is -0.400. The molecule has 2 heterocycles. The molecule has 1 fully saturated rings. The molecule has 1 aliphatic heterocycles. The highest BCUT2D eigenvalue weighted by Gasteiger charge is 2.12. The smallest absolute Gasteiger partial charge is 0.223 e. The minimum Gasteiger partial charge on any atom is -0.379 e. The summed E-state index contributed by atoms with van der Waals surface area (Å²) in [6.45, 7) is 5.92. The Morgan fingerprint density at radius 1 is 1.50 bits per heavy atom. The number of nitrogens with one attached hydrogen (secondary N) is 1. The van der Waals surface area contributed by atoms with Gasteiger partial charge in [0, 0.05) is 37.6 Å². The number of carbonyl (C=O) groups excluding carboxylic acids is 1. The number of nitrogens with zero attached hydrogens (tertiary/aromatic N) is 2. The zero-order chi connectivity index (χ0) is 11.4. The first kappa shape index (κ1) is 17.6. The molecular weight excluding hydrogens is 297 g/mol. The second-order valence-corrected chi connectivity index (χ2v) is 4.82. The van der Waals surface area contributed by atoms with Crippen molar-refractivity contribution in [2.75, 3.05) is 31.6 Å². The summed E-state index contributed by atoms with van der Waals surface area (Å²) < 4.78 is 5.28. The van der Waals surface area contributed by atoms with Gasteiger partial charge >= 0.3 is 0 Å². The molecule has 1 saturated heterocycles. The van der Waals surface area contributed by atoms with Gasteiger partial charge < -0.3 is 10.1 Å². The first-order chi connectivity index (χ1) is 7.74. The predicted molar refractivity (Wildman–Crippen MR) is 77.0 cm³/mol.